The molecule has 0 atom stereocenters. The molecule has 0 unspecified atom stereocenters. The maximum absolute atomic E-state index is 11.3. The summed E-state index contributed by atoms with van der Waals surface area (Å²) in [7, 11) is 0. The van der Waals surface area contributed by atoms with Gasteiger partial charge in [-0.05, 0) is 6.42 Å². The third kappa shape index (κ3) is 2.73. The molecule has 1 amide bonds. The van der Waals surface area contributed by atoms with Gasteiger partial charge in [0.25, 0.3) is 5.91 Å². The van der Waals surface area contributed by atoms with Crippen molar-refractivity contribution < 1.29 is 9.32 Å². The van der Waals surface area contributed by atoms with Crippen molar-refractivity contribution in [1.29, 1.82) is 0 Å². The first-order valence-electron chi connectivity index (χ1n) is 4.62. The van der Waals surface area contributed by atoms with Gasteiger partial charge in [0.1, 0.15) is 5.76 Å². The van der Waals surface area contributed by atoms with Gasteiger partial charge in [-0.3, -0.25) is 4.79 Å². The van der Waals surface area contributed by atoms with E-state index in [9.17, 15) is 4.79 Å². The molecule has 0 aliphatic heterocycles. The number of hydrogen-bond acceptors (Lipinski definition) is 3. The largest absolute Gasteiger partial charge is 0.361 e. The first-order chi connectivity index (χ1) is 6.77. The monoisotopic (exact) mass is 194 g/mol. The zero-order valence-corrected chi connectivity index (χ0v) is 8.25. The van der Waals surface area contributed by atoms with Crippen molar-refractivity contribution in [2.24, 2.45) is 0 Å². The Morgan fingerprint density at radius 1 is 1.79 bits per heavy atom. The van der Waals surface area contributed by atoms with Crippen LogP contribution in [0.5, 0.6) is 0 Å². The lowest BCUT2D eigenvalue weighted by Crippen LogP contribution is -2.23. The molecule has 0 saturated carbocycles. The normalized spacial score (nSPS) is 9.79. The molecular weight excluding hydrogens is 180 g/mol. The van der Waals surface area contributed by atoms with Gasteiger partial charge in [-0.2, -0.15) is 0 Å². The van der Waals surface area contributed by atoms with Gasteiger partial charge < -0.3 is 9.84 Å². The van der Waals surface area contributed by atoms with Crippen molar-refractivity contribution in [2.45, 2.75) is 19.8 Å². The minimum atomic E-state index is -0.226. The van der Waals surface area contributed by atoms with E-state index in [0.29, 0.717) is 12.2 Å². The first-order valence-corrected chi connectivity index (χ1v) is 4.62. The van der Waals surface area contributed by atoms with Gasteiger partial charge in [0.05, 0.1) is 0 Å². The van der Waals surface area contributed by atoms with E-state index in [0.717, 1.165) is 18.6 Å². The number of nitrogens with one attached hydrogen (secondary N) is 1. The Labute approximate surface area is 83.0 Å². The van der Waals surface area contributed by atoms with E-state index in [1.165, 1.54) is 0 Å². The second kappa shape index (κ2) is 5.21. The first kappa shape index (κ1) is 10.5. The zero-order chi connectivity index (χ0) is 10.4. The standard InChI is InChI=1S/C10H14N2O2/c1-3-5-8-7-9(12-14-8)10(13)11-6-4-2/h4,7H,2-3,5-6H2,1H3,(H,11,13). The number of nitrogens with zero attached hydrogens (tertiary/aromatic N) is 1. The number of amides is 1. The van der Waals surface area contributed by atoms with E-state index in [2.05, 4.69) is 17.1 Å². The van der Waals surface area contributed by atoms with Crippen LogP contribution < -0.4 is 5.32 Å². The molecule has 1 heterocycles. The van der Waals surface area contributed by atoms with E-state index in [-0.39, 0.29) is 5.91 Å². The summed E-state index contributed by atoms with van der Waals surface area (Å²) < 4.78 is 4.97. The van der Waals surface area contributed by atoms with Crippen LogP contribution in [0.2, 0.25) is 0 Å². The highest BCUT2D eigenvalue weighted by Crippen LogP contribution is 2.05. The molecule has 14 heavy (non-hydrogen) atoms. The van der Waals surface area contributed by atoms with Crippen molar-refractivity contribution in [1.82, 2.24) is 10.5 Å². The molecule has 4 nitrogen and oxygen atoms in total. The molecule has 1 N–H and O–H groups in total. The molecule has 1 rings (SSSR count). The van der Waals surface area contributed by atoms with Gasteiger partial charge in [-0.25, -0.2) is 0 Å². The molecule has 0 aliphatic rings. The van der Waals surface area contributed by atoms with Crippen LogP contribution in [0.4, 0.5) is 0 Å². The Hall–Kier alpha value is -1.58. The molecule has 0 fully saturated rings. The molecule has 76 valence electrons. The summed E-state index contributed by atoms with van der Waals surface area (Å²) in [5.74, 6) is 0.521. The van der Waals surface area contributed by atoms with Crippen LogP contribution in [-0.2, 0) is 6.42 Å². The van der Waals surface area contributed by atoms with E-state index >= 15 is 0 Å². The Balaban J connectivity index is 2.57. The molecule has 0 spiro atoms. The SMILES string of the molecule is C=CCNC(=O)c1cc(CCC)on1. The van der Waals surface area contributed by atoms with Crippen molar-refractivity contribution in [2.75, 3.05) is 6.54 Å². The predicted molar refractivity (Wildman–Crippen MR) is 53.0 cm³/mol. The fourth-order valence-corrected chi connectivity index (χ4v) is 1.04. The average Bonchev–Trinajstić information content (AvgIpc) is 2.63. The van der Waals surface area contributed by atoms with Crippen LogP contribution in [-0.4, -0.2) is 17.6 Å². The highest BCUT2D eigenvalue weighted by atomic mass is 16.5. The quantitative estimate of drug-likeness (QED) is 0.723. The highest BCUT2D eigenvalue weighted by Gasteiger charge is 2.10. The molecule has 0 bridgehead atoms. The van der Waals surface area contributed by atoms with Crippen LogP contribution in [0.25, 0.3) is 0 Å². The topological polar surface area (TPSA) is 55.1 Å². The minimum absolute atomic E-state index is 0.226. The van der Waals surface area contributed by atoms with Gasteiger partial charge in [0.15, 0.2) is 5.69 Å². The molecular formula is C10H14N2O2. The fraction of sp³-hybridized carbons (Fsp3) is 0.400. The predicted octanol–water partition coefficient (Wildman–Crippen LogP) is 1.54. The number of aryl methyl sites for hydroxylation is 1. The van der Waals surface area contributed by atoms with Crippen molar-refractivity contribution >= 4 is 5.91 Å². The molecule has 4 heteroatoms. The molecule has 1 aromatic heterocycles. The van der Waals surface area contributed by atoms with Crippen LogP contribution in [0.1, 0.15) is 29.6 Å². The molecule has 0 saturated heterocycles. The molecule has 0 aliphatic carbocycles. The van der Waals surface area contributed by atoms with Crippen LogP contribution in [0.15, 0.2) is 23.2 Å². The van der Waals surface area contributed by atoms with Crippen molar-refractivity contribution in [3.05, 3.63) is 30.2 Å². The average molecular weight is 194 g/mol. The van der Waals surface area contributed by atoms with E-state index < -0.39 is 0 Å². The van der Waals surface area contributed by atoms with Crippen LogP contribution in [0, 0.1) is 0 Å². The van der Waals surface area contributed by atoms with Crippen LogP contribution in [0.3, 0.4) is 0 Å². The lowest BCUT2D eigenvalue weighted by atomic mass is 10.2. The maximum Gasteiger partial charge on any atom is 0.273 e. The Morgan fingerprint density at radius 3 is 3.21 bits per heavy atom. The number of carbonyl (C=O) groups excluding carboxylic acids is 1. The van der Waals surface area contributed by atoms with E-state index in [4.69, 9.17) is 4.52 Å². The maximum atomic E-state index is 11.3. The Bertz CT molecular complexity index is 318. The lowest BCUT2D eigenvalue weighted by Gasteiger charge is -1.95. The van der Waals surface area contributed by atoms with E-state index in [1.54, 1.807) is 12.1 Å². The van der Waals surface area contributed by atoms with Gasteiger partial charge in [-0.1, -0.05) is 18.2 Å². The number of carbonyl (C=O) groups is 1. The summed E-state index contributed by atoms with van der Waals surface area (Å²) in [6.45, 7) is 5.98. The third-order valence-corrected chi connectivity index (χ3v) is 1.69. The second-order valence-electron chi connectivity index (χ2n) is 2.93. The Morgan fingerprint density at radius 2 is 2.57 bits per heavy atom. The van der Waals surface area contributed by atoms with Crippen molar-refractivity contribution in [3.63, 3.8) is 0 Å². The number of hydrogen-bond donors (Lipinski definition) is 1. The highest BCUT2D eigenvalue weighted by molar-refractivity contribution is 5.92. The third-order valence-electron chi connectivity index (χ3n) is 1.69. The van der Waals surface area contributed by atoms with Crippen LogP contribution >= 0.6 is 0 Å². The summed E-state index contributed by atoms with van der Waals surface area (Å²) in [5, 5.41) is 6.29. The smallest absolute Gasteiger partial charge is 0.273 e. The summed E-state index contributed by atoms with van der Waals surface area (Å²) in [5.41, 5.74) is 0.329. The summed E-state index contributed by atoms with van der Waals surface area (Å²) in [6, 6.07) is 1.67. The number of aromatic nitrogens is 1. The van der Waals surface area contributed by atoms with Crippen molar-refractivity contribution in [3.8, 4) is 0 Å². The summed E-state index contributed by atoms with van der Waals surface area (Å²) >= 11 is 0. The summed E-state index contributed by atoms with van der Waals surface area (Å²) in [4.78, 5) is 11.3. The Kier molecular flexibility index (Phi) is 3.91. The molecule has 1 aromatic rings. The minimum Gasteiger partial charge on any atom is -0.361 e. The van der Waals surface area contributed by atoms with Gasteiger partial charge in [-0.15, -0.1) is 6.58 Å². The fourth-order valence-electron chi connectivity index (χ4n) is 1.04. The second-order valence-corrected chi connectivity index (χ2v) is 2.93. The van der Waals surface area contributed by atoms with Gasteiger partial charge in [0.2, 0.25) is 0 Å². The summed E-state index contributed by atoms with van der Waals surface area (Å²) in [6.07, 6.45) is 3.40. The lowest BCUT2D eigenvalue weighted by molar-refractivity contribution is 0.0949. The van der Waals surface area contributed by atoms with Gasteiger partial charge >= 0.3 is 0 Å². The zero-order valence-electron chi connectivity index (χ0n) is 8.25. The number of rotatable bonds is 5. The van der Waals surface area contributed by atoms with Gasteiger partial charge in [0, 0.05) is 19.0 Å². The van der Waals surface area contributed by atoms with E-state index in [1.807, 2.05) is 6.92 Å². The molecule has 0 radical (unpaired) electrons. The molecule has 0 aromatic carbocycles.